The van der Waals surface area contributed by atoms with Crippen LogP contribution in [0.2, 0.25) is 0 Å². The number of nitrogens with zero attached hydrogens (tertiary/aromatic N) is 1. The van der Waals surface area contributed by atoms with Crippen molar-refractivity contribution in [3.05, 3.63) is 125 Å². The molecule has 0 radical (unpaired) electrons. The molecule has 0 heterocycles. The maximum atomic E-state index is 12.6. The van der Waals surface area contributed by atoms with E-state index < -0.39 is 0 Å². The minimum Gasteiger partial charge on any atom is -0.322 e. The summed E-state index contributed by atoms with van der Waals surface area (Å²) in [5.74, 6) is -0.00634. The quantitative estimate of drug-likeness (QED) is 0.236. The van der Waals surface area contributed by atoms with Crippen LogP contribution in [0.4, 0.5) is 5.69 Å². The van der Waals surface area contributed by atoms with Crippen LogP contribution in [0.25, 0.3) is 11.1 Å². The summed E-state index contributed by atoms with van der Waals surface area (Å²) in [4.78, 5) is 24.9. The fourth-order valence-electron chi connectivity index (χ4n) is 4.28. The van der Waals surface area contributed by atoms with Gasteiger partial charge in [0, 0.05) is 11.3 Å². The van der Waals surface area contributed by atoms with Crippen molar-refractivity contribution < 1.29 is 9.59 Å². The first-order chi connectivity index (χ1) is 17.6. The molecule has 0 unspecified atom stereocenters. The van der Waals surface area contributed by atoms with Crippen LogP contribution in [-0.2, 0) is 4.79 Å². The van der Waals surface area contributed by atoms with Gasteiger partial charge in [-0.3, -0.25) is 9.59 Å². The molecule has 5 nitrogen and oxygen atoms in total. The van der Waals surface area contributed by atoms with E-state index in [0.717, 1.165) is 5.56 Å². The number of amides is 2. The van der Waals surface area contributed by atoms with Crippen LogP contribution in [0.3, 0.4) is 0 Å². The van der Waals surface area contributed by atoms with Crippen LogP contribution in [-0.4, -0.2) is 23.3 Å². The van der Waals surface area contributed by atoms with Gasteiger partial charge in [0.1, 0.15) is 0 Å². The lowest BCUT2D eigenvalue weighted by molar-refractivity contribution is -0.118. The first kappa shape index (κ1) is 23.6. The highest BCUT2D eigenvalue weighted by molar-refractivity contribution is 8.00. The summed E-state index contributed by atoms with van der Waals surface area (Å²) >= 11 is 1.61. The monoisotopic (exact) mass is 491 g/mol. The Hall–Kier alpha value is -4.16. The molecule has 0 fully saturated rings. The molecule has 5 rings (SSSR count). The average molecular weight is 492 g/mol. The molecule has 4 aromatic carbocycles. The zero-order chi connectivity index (χ0) is 24.9. The van der Waals surface area contributed by atoms with Crippen LogP contribution >= 0.6 is 11.8 Å². The fourth-order valence-corrected chi connectivity index (χ4v) is 5.43. The zero-order valence-electron chi connectivity index (χ0n) is 19.8. The number of hydrogen-bond donors (Lipinski definition) is 2. The SMILES string of the molecule is C/C(=N/NC(=O)CSC1c2ccccc2-c2ccccc21)c1ccc(NC(=O)c2ccccc2)cc1. The van der Waals surface area contributed by atoms with Gasteiger partial charge in [-0.1, -0.05) is 78.9 Å². The molecule has 1 aliphatic rings. The van der Waals surface area contributed by atoms with E-state index in [0.29, 0.717) is 22.7 Å². The molecule has 2 N–H and O–H groups in total. The Morgan fingerprint density at radius 2 is 1.33 bits per heavy atom. The van der Waals surface area contributed by atoms with Gasteiger partial charge in [-0.25, -0.2) is 5.43 Å². The van der Waals surface area contributed by atoms with E-state index in [1.807, 2.05) is 61.5 Å². The molecule has 1 aliphatic carbocycles. The molecule has 0 atom stereocenters. The molecule has 0 spiro atoms. The van der Waals surface area contributed by atoms with Crippen molar-refractivity contribution in [3.63, 3.8) is 0 Å². The predicted octanol–water partition coefficient (Wildman–Crippen LogP) is 6.28. The van der Waals surface area contributed by atoms with E-state index in [1.54, 1.807) is 23.9 Å². The van der Waals surface area contributed by atoms with Crippen molar-refractivity contribution in [2.45, 2.75) is 12.2 Å². The third-order valence-electron chi connectivity index (χ3n) is 6.10. The Labute approximate surface area is 214 Å². The van der Waals surface area contributed by atoms with E-state index in [4.69, 9.17) is 0 Å². The second-order valence-corrected chi connectivity index (χ2v) is 9.59. The van der Waals surface area contributed by atoms with Gasteiger partial charge in [0.15, 0.2) is 0 Å². The lowest BCUT2D eigenvalue weighted by atomic mass is 10.1. The number of benzene rings is 4. The number of anilines is 1. The van der Waals surface area contributed by atoms with E-state index in [-0.39, 0.29) is 17.1 Å². The molecule has 6 heteroatoms. The maximum absolute atomic E-state index is 12.6. The largest absolute Gasteiger partial charge is 0.322 e. The van der Waals surface area contributed by atoms with Crippen molar-refractivity contribution in [1.29, 1.82) is 0 Å². The summed E-state index contributed by atoms with van der Waals surface area (Å²) < 4.78 is 0. The molecule has 0 aromatic heterocycles. The third kappa shape index (κ3) is 5.09. The normalized spacial score (nSPS) is 12.5. The van der Waals surface area contributed by atoms with Gasteiger partial charge in [0.2, 0.25) is 5.91 Å². The molecular formula is C30H25N3O2S. The first-order valence-electron chi connectivity index (χ1n) is 11.7. The lowest BCUT2D eigenvalue weighted by Gasteiger charge is -2.12. The first-order valence-corrected chi connectivity index (χ1v) is 12.7. The summed E-state index contributed by atoms with van der Waals surface area (Å²) in [6.07, 6.45) is 0. The number of carbonyl (C=O) groups excluding carboxylic acids is 2. The van der Waals surface area contributed by atoms with Crippen molar-refractivity contribution in [2.75, 3.05) is 11.1 Å². The van der Waals surface area contributed by atoms with Crippen LogP contribution in [0.5, 0.6) is 0 Å². The molecule has 2 amide bonds. The smallest absolute Gasteiger partial charge is 0.255 e. The summed E-state index contributed by atoms with van der Waals surface area (Å²) in [5.41, 5.74) is 10.5. The number of fused-ring (bicyclic) bond motifs is 3. The second kappa shape index (κ2) is 10.6. The molecule has 0 bridgehead atoms. The van der Waals surface area contributed by atoms with Gasteiger partial charge in [-0.15, -0.1) is 11.8 Å². The maximum Gasteiger partial charge on any atom is 0.255 e. The molecule has 178 valence electrons. The van der Waals surface area contributed by atoms with Gasteiger partial charge < -0.3 is 5.32 Å². The number of rotatable bonds is 7. The summed E-state index contributed by atoms with van der Waals surface area (Å²) in [5, 5.41) is 7.30. The van der Waals surface area contributed by atoms with E-state index in [1.165, 1.54) is 22.3 Å². The Morgan fingerprint density at radius 1 is 0.750 bits per heavy atom. The molecule has 0 saturated heterocycles. The van der Waals surface area contributed by atoms with Crippen LogP contribution in [0.1, 0.15) is 39.2 Å². The standard InChI is InChI=1S/C30H25N3O2S/c1-20(21-15-17-23(18-16-21)31-30(35)22-9-3-2-4-10-22)32-33-28(34)19-36-29-26-13-7-5-11-24(26)25-12-6-8-14-27(25)29/h2-18,29H,19H2,1H3,(H,31,35)(H,33,34)/b32-20-. The van der Waals surface area contributed by atoms with Gasteiger partial charge in [0.25, 0.3) is 5.91 Å². The zero-order valence-corrected chi connectivity index (χ0v) is 20.6. The average Bonchev–Trinajstić information content (AvgIpc) is 3.25. The number of nitrogens with one attached hydrogen (secondary N) is 2. The molecule has 4 aromatic rings. The van der Waals surface area contributed by atoms with Crippen molar-refractivity contribution >= 4 is 35.0 Å². The Bertz CT molecular complexity index is 1390. The van der Waals surface area contributed by atoms with Crippen molar-refractivity contribution in [3.8, 4) is 11.1 Å². The van der Waals surface area contributed by atoms with Crippen molar-refractivity contribution in [2.24, 2.45) is 5.10 Å². The number of hydrazone groups is 1. The Balaban J connectivity index is 1.17. The van der Waals surface area contributed by atoms with Crippen LogP contribution in [0.15, 0.2) is 108 Å². The van der Waals surface area contributed by atoms with Gasteiger partial charge in [-0.05, 0) is 59.0 Å². The minimum atomic E-state index is -0.161. The fraction of sp³-hybridized carbons (Fsp3) is 0.100. The number of thioether (sulfide) groups is 1. The Morgan fingerprint density at radius 3 is 1.97 bits per heavy atom. The Kier molecular flexibility index (Phi) is 6.96. The van der Waals surface area contributed by atoms with Crippen LogP contribution in [0, 0.1) is 0 Å². The summed E-state index contributed by atoms with van der Waals surface area (Å²) in [6.45, 7) is 1.84. The number of hydrogen-bond acceptors (Lipinski definition) is 4. The summed E-state index contributed by atoms with van der Waals surface area (Å²) in [6, 6.07) is 33.2. The van der Waals surface area contributed by atoms with Gasteiger partial charge in [-0.2, -0.15) is 5.10 Å². The van der Waals surface area contributed by atoms with Crippen LogP contribution < -0.4 is 10.7 Å². The second-order valence-electron chi connectivity index (χ2n) is 8.50. The highest BCUT2D eigenvalue weighted by Crippen LogP contribution is 2.49. The summed E-state index contributed by atoms with van der Waals surface area (Å²) in [7, 11) is 0. The highest BCUT2D eigenvalue weighted by Gasteiger charge is 2.28. The van der Waals surface area contributed by atoms with E-state index >= 15 is 0 Å². The predicted molar refractivity (Wildman–Crippen MR) is 147 cm³/mol. The topological polar surface area (TPSA) is 70.6 Å². The van der Waals surface area contributed by atoms with Crippen molar-refractivity contribution in [1.82, 2.24) is 5.43 Å². The third-order valence-corrected chi connectivity index (χ3v) is 7.37. The van der Waals surface area contributed by atoms with Gasteiger partial charge in [0.05, 0.1) is 16.7 Å². The van der Waals surface area contributed by atoms with Gasteiger partial charge >= 0.3 is 0 Å². The minimum absolute atomic E-state index is 0.131. The van der Waals surface area contributed by atoms with E-state index in [2.05, 4.69) is 52.2 Å². The molecule has 0 aliphatic heterocycles. The molecule has 0 saturated carbocycles. The highest BCUT2D eigenvalue weighted by atomic mass is 32.2. The molecule has 36 heavy (non-hydrogen) atoms. The van der Waals surface area contributed by atoms with E-state index in [9.17, 15) is 9.59 Å². The lowest BCUT2D eigenvalue weighted by Crippen LogP contribution is -2.21. The number of carbonyl (C=O) groups is 2. The molecular weight excluding hydrogens is 466 g/mol.